The Morgan fingerprint density at radius 2 is 2.21 bits per heavy atom. The van der Waals surface area contributed by atoms with E-state index in [9.17, 15) is 8.42 Å². The summed E-state index contributed by atoms with van der Waals surface area (Å²) in [5, 5.41) is 0. The molecule has 1 fully saturated rings. The molecule has 1 aliphatic rings. The van der Waals surface area contributed by atoms with E-state index >= 15 is 0 Å². The minimum Gasteiger partial charge on any atom is -0.381 e. The van der Waals surface area contributed by atoms with E-state index < -0.39 is 10.0 Å². The lowest BCUT2D eigenvalue weighted by atomic mass is 10.0. The number of hydrogen-bond donors (Lipinski definition) is 1. The maximum Gasteiger partial charge on any atom is 0.241 e. The third-order valence-corrected chi connectivity index (χ3v) is 5.65. The van der Waals surface area contributed by atoms with E-state index in [0.29, 0.717) is 18.1 Å². The maximum absolute atomic E-state index is 12.4. The highest BCUT2D eigenvalue weighted by Gasteiger charge is 2.27. The number of benzene rings is 1. The van der Waals surface area contributed by atoms with Crippen molar-refractivity contribution < 1.29 is 13.2 Å². The number of halogens is 1. The highest BCUT2D eigenvalue weighted by molar-refractivity contribution is 9.10. The Labute approximate surface area is 122 Å². The molecule has 19 heavy (non-hydrogen) atoms. The van der Waals surface area contributed by atoms with Crippen molar-refractivity contribution in [1.29, 1.82) is 0 Å². The molecule has 2 rings (SSSR count). The van der Waals surface area contributed by atoms with Crippen LogP contribution in [-0.4, -0.2) is 27.7 Å². The molecule has 4 nitrogen and oxygen atoms in total. The van der Waals surface area contributed by atoms with E-state index in [1.807, 2.05) is 13.0 Å². The summed E-state index contributed by atoms with van der Waals surface area (Å²) in [6.07, 6.45) is 0.904. The molecular weight excluding hydrogens is 330 g/mol. The highest BCUT2D eigenvalue weighted by Crippen LogP contribution is 2.23. The molecule has 0 saturated carbocycles. The second kappa shape index (κ2) is 5.91. The van der Waals surface area contributed by atoms with Crippen LogP contribution in [0.3, 0.4) is 0 Å². The molecule has 1 N–H and O–H groups in total. The van der Waals surface area contributed by atoms with Crippen LogP contribution in [-0.2, 0) is 14.8 Å². The molecule has 2 unspecified atom stereocenters. The molecule has 0 bridgehead atoms. The van der Waals surface area contributed by atoms with E-state index in [1.165, 1.54) is 0 Å². The van der Waals surface area contributed by atoms with Gasteiger partial charge in [0.2, 0.25) is 10.0 Å². The second-order valence-electron chi connectivity index (χ2n) is 4.94. The van der Waals surface area contributed by atoms with Gasteiger partial charge in [0.1, 0.15) is 0 Å². The van der Waals surface area contributed by atoms with Gasteiger partial charge >= 0.3 is 0 Å². The fraction of sp³-hybridized carbons (Fsp3) is 0.538. The smallest absolute Gasteiger partial charge is 0.241 e. The average molecular weight is 348 g/mol. The number of aryl methyl sites for hydroxylation is 1. The first-order chi connectivity index (χ1) is 8.90. The summed E-state index contributed by atoms with van der Waals surface area (Å²) in [5.74, 6) is 0.252. The number of hydrogen-bond acceptors (Lipinski definition) is 3. The van der Waals surface area contributed by atoms with Crippen molar-refractivity contribution in [1.82, 2.24) is 4.72 Å². The maximum atomic E-state index is 12.4. The first-order valence-corrected chi connectivity index (χ1v) is 8.54. The molecule has 0 aliphatic carbocycles. The van der Waals surface area contributed by atoms with Gasteiger partial charge in [0.05, 0.1) is 11.5 Å². The van der Waals surface area contributed by atoms with Crippen molar-refractivity contribution in [2.24, 2.45) is 5.92 Å². The van der Waals surface area contributed by atoms with E-state index in [2.05, 4.69) is 20.7 Å². The van der Waals surface area contributed by atoms with Gasteiger partial charge in [0.25, 0.3) is 0 Å². The third-order valence-electron chi connectivity index (χ3n) is 3.45. The number of rotatable bonds is 4. The molecule has 1 aromatic rings. The average Bonchev–Trinajstić information content (AvgIpc) is 2.85. The van der Waals surface area contributed by atoms with Crippen LogP contribution in [0, 0.1) is 12.8 Å². The lowest BCUT2D eigenvalue weighted by Crippen LogP contribution is -2.38. The van der Waals surface area contributed by atoms with E-state index in [4.69, 9.17) is 4.74 Å². The summed E-state index contributed by atoms with van der Waals surface area (Å²) in [6.45, 7) is 5.03. The summed E-state index contributed by atoms with van der Waals surface area (Å²) in [7, 11) is -3.49. The van der Waals surface area contributed by atoms with Crippen LogP contribution in [0.1, 0.15) is 18.9 Å². The van der Waals surface area contributed by atoms with Crippen LogP contribution < -0.4 is 4.72 Å². The zero-order valence-electron chi connectivity index (χ0n) is 11.0. The lowest BCUT2D eigenvalue weighted by Gasteiger charge is -2.20. The Balaban J connectivity index is 2.19. The van der Waals surface area contributed by atoms with E-state index in [-0.39, 0.29) is 12.0 Å². The molecule has 0 amide bonds. The summed E-state index contributed by atoms with van der Waals surface area (Å²) >= 11 is 3.31. The van der Waals surface area contributed by atoms with Gasteiger partial charge in [-0.25, -0.2) is 13.1 Å². The molecule has 2 atom stereocenters. The SMILES string of the molecule is Cc1ccc(Br)cc1S(=O)(=O)NC(C)C1CCOC1. The normalized spacial score (nSPS) is 21.5. The zero-order chi connectivity index (χ0) is 14.0. The van der Waals surface area contributed by atoms with Gasteiger partial charge < -0.3 is 4.74 Å². The minimum absolute atomic E-state index is 0.120. The third kappa shape index (κ3) is 3.56. The van der Waals surface area contributed by atoms with Crippen molar-refractivity contribution in [3.63, 3.8) is 0 Å². The fourth-order valence-corrected chi connectivity index (χ4v) is 4.31. The molecule has 1 aliphatic heterocycles. The van der Waals surface area contributed by atoms with Gasteiger partial charge in [-0.15, -0.1) is 0 Å². The summed E-state index contributed by atoms with van der Waals surface area (Å²) in [6, 6.07) is 5.14. The fourth-order valence-electron chi connectivity index (χ4n) is 2.21. The monoisotopic (exact) mass is 347 g/mol. The van der Waals surface area contributed by atoms with Crippen molar-refractivity contribution >= 4 is 26.0 Å². The van der Waals surface area contributed by atoms with Gasteiger partial charge in [-0.05, 0) is 38.0 Å². The molecule has 0 radical (unpaired) electrons. The van der Waals surface area contributed by atoms with Crippen LogP contribution in [0.15, 0.2) is 27.6 Å². The first-order valence-electron chi connectivity index (χ1n) is 6.26. The molecule has 1 heterocycles. The van der Waals surface area contributed by atoms with Crippen LogP contribution in [0.25, 0.3) is 0 Å². The molecule has 6 heteroatoms. The first kappa shape index (κ1) is 15.0. The summed E-state index contributed by atoms with van der Waals surface area (Å²) in [5.41, 5.74) is 0.741. The van der Waals surface area contributed by atoms with Crippen molar-refractivity contribution in [3.8, 4) is 0 Å². The van der Waals surface area contributed by atoms with E-state index in [0.717, 1.165) is 16.5 Å². The van der Waals surface area contributed by atoms with Crippen molar-refractivity contribution in [2.75, 3.05) is 13.2 Å². The van der Waals surface area contributed by atoms with Crippen LogP contribution in [0.5, 0.6) is 0 Å². The highest BCUT2D eigenvalue weighted by atomic mass is 79.9. The number of nitrogens with one attached hydrogen (secondary N) is 1. The Morgan fingerprint density at radius 1 is 1.47 bits per heavy atom. The number of sulfonamides is 1. The van der Waals surface area contributed by atoms with Crippen LogP contribution in [0.2, 0.25) is 0 Å². The quantitative estimate of drug-likeness (QED) is 0.910. The van der Waals surface area contributed by atoms with Crippen molar-refractivity contribution in [3.05, 3.63) is 28.2 Å². The summed E-state index contributed by atoms with van der Waals surface area (Å²) in [4.78, 5) is 0.327. The predicted molar refractivity (Wildman–Crippen MR) is 77.6 cm³/mol. The van der Waals surface area contributed by atoms with Crippen LogP contribution in [0.4, 0.5) is 0 Å². The van der Waals surface area contributed by atoms with Crippen LogP contribution >= 0.6 is 15.9 Å². The predicted octanol–water partition coefficient (Wildman–Crippen LogP) is 2.46. The topological polar surface area (TPSA) is 55.4 Å². The van der Waals surface area contributed by atoms with E-state index in [1.54, 1.807) is 19.1 Å². The zero-order valence-corrected chi connectivity index (χ0v) is 13.4. The standard InChI is InChI=1S/C13H18BrNO3S/c1-9-3-4-12(14)7-13(9)19(16,17)15-10(2)11-5-6-18-8-11/h3-4,7,10-11,15H,5-6,8H2,1-2H3. The Morgan fingerprint density at radius 3 is 2.84 bits per heavy atom. The lowest BCUT2D eigenvalue weighted by molar-refractivity contribution is 0.180. The molecule has 0 aromatic heterocycles. The van der Waals surface area contributed by atoms with Gasteiger partial charge in [-0.2, -0.15) is 0 Å². The molecule has 1 aromatic carbocycles. The number of ether oxygens (including phenoxy) is 1. The second-order valence-corrected chi connectivity index (χ2v) is 7.54. The molecule has 1 saturated heterocycles. The molecule has 106 valence electrons. The van der Waals surface area contributed by atoms with Crippen molar-refractivity contribution in [2.45, 2.75) is 31.2 Å². The Hall–Kier alpha value is -0.430. The minimum atomic E-state index is -3.49. The van der Waals surface area contributed by atoms with Gasteiger partial charge in [0, 0.05) is 23.0 Å². The van der Waals surface area contributed by atoms with Gasteiger partial charge in [-0.1, -0.05) is 22.0 Å². The Bertz CT molecular complexity index is 553. The van der Waals surface area contributed by atoms with Gasteiger partial charge in [0.15, 0.2) is 0 Å². The summed E-state index contributed by atoms with van der Waals surface area (Å²) < 4.78 is 33.6. The largest absolute Gasteiger partial charge is 0.381 e. The molecule has 0 spiro atoms. The molecular formula is C13H18BrNO3S. The Kier molecular flexibility index (Phi) is 4.66. The van der Waals surface area contributed by atoms with Gasteiger partial charge in [-0.3, -0.25) is 0 Å².